The monoisotopic (exact) mass is 449 g/mol. The van der Waals surface area contributed by atoms with Gasteiger partial charge in [0.25, 0.3) is 0 Å². The lowest BCUT2D eigenvalue weighted by atomic mass is 10.1. The molecule has 0 unspecified atom stereocenters. The van der Waals surface area contributed by atoms with Crippen molar-refractivity contribution in [3.05, 3.63) is 81.3 Å². The fourth-order valence-corrected chi connectivity index (χ4v) is 4.74. The van der Waals surface area contributed by atoms with Crippen molar-refractivity contribution < 1.29 is 9.53 Å². The Morgan fingerprint density at radius 3 is 2.72 bits per heavy atom. The molecule has 0 radical (unpaired) electrons. The van der Waals surface area contributed by atoms with Gasteiger partial charge >= 0.3 is 0 Å². The van der Waals surface area contributed by atoms with Crippen LogP contribution in [-0.4, -0.2) is 35.0 Å². The van der Waals surface area contributed by atoms with Gasteiger partial charge in [-0.3, -0.25) is 9.69 Å². The molecular formula is C26H31N3O2S. The number of piperidine rings is 1. The normalized spacial score (nSPS) is 15.1. The molecule has 2 heterocycles. The number of ether oxygens (including phenoxy) is 1. The van der Waals surface area contributed by atoms with E-state index in [9.17, 15) is 4.79 Å². The topological polar surface area (TPSA) is 54.5 Å². The summed E-state index contributed by atoms with van der Waals surface area (Å²) < 4.78 is 6.10. The second-order valence-electron chi connectivity index (χ2n) is 8.55. The van der Waals surface area contributed by atoms with Crippen LogP contribution in [0.3, 0.4) is 0 Å². The largest absolute Gasteiger partial charge is 0.373 e. The second-order valence-corrected chi connectivity index (χ2v) is 9.49. The fraction of sp³-hybridized carbons (Fsp3) is 0.385. The molecule has 1 N–H and O–H groups in total. The van der Waals surface area contributed by atoms with E-state index < -0.39 is 0 Å². The van der Waals surface area contributed by atoms with Gasteiger partial charge in [-0.1, -0.05) is 42.5 Å². The molecule has 0 bridgehead atoms. The smallest absolute Gasteiger partial charge is 0.231 e. The van der Waals surface area contributed by atoms with Crippen LogP contribution < -0.4 is 5.32 Å². The van der Waals surface area contributed by atoms with Crippen LogP contribution in [0.1, 0.15) is 40.2 Å². The minimum atomic E-state index is -0.0176. The lowest BCUT2D eigenvalue weighted by molar-refractivity contribution is -0.115. The molecule has 1 fully saturated rings. The van der Waals surface area contributed by atoms with Crippen molar-refractivity contribution >= 4 is 22.9 Å². The molecule has 168 valence electrons. The van der Waals surface area contributed by atoms with E-state index in [-0.39, 0.29) is 5.91 Å². The summed E-state index contributed by atoms with van der Waals surface area (Å²) in [7, 11) is 0. The maximum atomic E-state index is 12.5. The summed E-state index contributed by atoms with van der Waals surface area (Å²) >= 11 is 1.57. The molecule has 0 aliphatic carbocycles. The number of carbonyl (C=O) groups is 1. The maximum Gasteiger partial charge on any atom is 0.231 e. The van der Waals surface area contributed by atoms with Crippen LogP contribution in [0.2, 0.25) is 0 Å². The molecule has 1 amide bonds. The van der Waals surface area contributed by atoms with E-state index in [0.29, 0.717) is 19.1 Å². The van der Waals surface area contributed by atoms with E-state index in [1.165, 1.54) is 5.56 Å². The highest BCUT2D eigenvalue weighted by Gasteiger charge is 2.20. The van der Waals surface area contributed by atoms with Gasteiger partial charge in [0.05, 0.1) is 24.8 Å². The summed E-state index contributed by atoms with van der Waals surface area (Å²) in [6.07, 6.45) is 2.73. The van der Waals surface area contributed by atoms with E-state index in [1.54, 1.807) is 11.3 Å². The minimum absolute atomic E-state index is 0.0176. The van der Waals surface area contributed by atoms with Gasteiger partial charge in [-0.2, -0.15) is 0 Å². The van der Waals surface area contributed by atoms with Crippen LogP contribution in [0.15, 0.2) is 53.9 Å². The average Bonchev–Trinajstić information content (AvgIpc) is 3.23. The lowest BCUT2D eigenvalue weighted by Crippen LogP contribution is -2.36. The third-order valence-corrected chi connectivity index (χ3v) is 6.72. The number of hydrogen-bond donors (Lipinski definition) is 1. The van der Waals surface area contributed by atoms with Crippen LogP contribution in [0.25, 0.3) is 0 Å². The predicted octanol–water partition coefficient (Wildman–Crippen LogP) is 5.12. The van der Waals surface area contributed by atoms with Gasteiger partial charge < -0.3 is 10.1 Å². The van der Waals surface area contributed by atoms with Gasteiger partial charge in [-0.05, 0) is 49.4 Å². The summed E-state index contributed by atoms with van der Waals surface area (Å²) in [6, 6.07) is 16.4. The molecule has 6 heteroatoms. The van der Waals surface area contributed by atoms with Crippen LogP contribution in [0, 0.1) is 13.8 Å². The molecule has 1 aliphatic rings. The molecule has 2 aromatic carbocycles. The average molecular weight is 450 g/mol. The zero-order chi connectivity index (χ0) is 22.3. The third-order valence-electron chi connectivity index (χ3n) is 5.83. The minimum Gasteiger partial charge on any atom is -0.373 e. The third kappa shape index (κ3) is 6.48. The Labute approximate surface area is 194 Å². The van der Waals surface area contributed by atoms with Crippen LogP contribution in [0.4, 0.5) is 5.69 Å². The molecule has 4 rings (SSSR count). The highest BCUT2D eigenvalue weighted by Crippen LogP contribution is 2.20. The summed E-state index contributed by atoms with van der Waals surface area (Å²) in [5.41, 5.74) is 5.36. The SMILES string of the molecule is Cc1ccc(C)c(NC(=O)Cc2nc(CN3CCC(OCc4ccccc4)CC3)cs2)c1. The molecule has 32 heavy (non-hydrogen) atoms. The van der Waals surface area contributed by atoms with Crippen LogP contribution in [-0.2, 0) is 29.1 Å². The standard InChI is InChI=1S/C26H31N3O2S/c1-19-8-9-20(2)24(14-19)28-25(30)15-26-27-22(18-32-26)16-29-12-10-23(11-13-29)31-17-21-6-4-3-5-7-21/h3-9,14,18,23H,10-13,15-17H2,1-2H3,(H,28,30). The predicted molar refractivity (Wildman–Crippen MR) is 130 cm³/mol. The second kappa shape index (κ2) is 10.9. The first-order chi connectivity index (χ1) is 15.5. The van der Waals surface area contributed by atoms with Crippen LogP contribution in [0.5, 0.6) is 0 Å². The highest BCUT2D eigenvalue weighted by molar-refractivity contribution is 7.09. The zero-order valence-electron chi connectivity index (χ0n) is 18.8. The molecule has 0 atom stereocenters. The summed E-state index contributed by atoms with van der Waals surface area (Å²) in [5.74, 6) is -0.0176. The van der Waals surface area contributed by atoms with Crippen molar-refractivity contribution in [1.29, 1.82) is 0 Å². The van der Waals surface area contributed by atoms with E-state index in [4.69, 9.17) is 9.72 Å². The van der Waals surface area contributed by atoms with Crippen LogP contribution >= 0.6 is 11.3 Å². The summed E-state index contributed by atoms with van der Waals surface area (Å²) in [5, 5.41) is 5.97. The highest BCUT2D eigenvalue weighted by atomic mass is 32.1. The number of anilines is 1. The number of likely N-dealkylation sites (tertiary alicyclic amines) is 1. The number of nitrogens with one attached hydrogen (secondary N) is 1. The van der Waals surface area contributed by atoms with Crippen molar-refractivity contribution in [3.63, 3.8) is 0 Å². The molecular weight excluding hydrogens is 418 g/mol. The van der Waals surface area contributed by atoms with Crippen molar-refractivity contribution in [1.82, 2.24) is 9.88 Å². The number of nitrogens with zero attached hydrogens (tertiary/aromatic N) is 2. The number of thiazole rings is 1. The van der Waals surface area contributed by atoms with E-state index >= 15 is 0 Å². The van der Waals surface area contributed by atoms with Gasteiger partial charge in [0.15, 0.2) is 0 Å². The Kier molecular flexibility index (Phi) is 7.68. The Hall–Kier alpha value is -2.54. The van der Waals surface area contributed by atoms with Gasteiger partial charge in [0.2, 0.25) is 5.91 Å². The molecule has 5 nitrogen and oxygen atoms in total. The number of aryl methyl sites for hydroxylation is 2. The first-order valence-corrected chi connectivity index (χ1v) is 12.1. The first kappa shape index (κ1) is 22.6. The molecule has 0 spiro atoms. The molecule has 3 aromatic rings. The molecule has 1 saturated heterocycles. The maximum absolute atomic E-state index is 12.5. The van der Waals surface area contributed by atoms with Gasteiger partial charge in [0, 0.05) is 30.7 Å². The Bertz CT molecular complexity index is 1030. The Balaban J connectivity index is 1.21. The van der Waals surface area contributed by atoms with E-state index in [2.05, 4.69) is 45.9 Å². The van der Waals surface area contributed by atoms with Crippen molar-refractivity contribution in [3.8, 4) is 0 Å². The van der Waals surface area contributed by atoms with Crippen molar-refractivity contribution in [2.75, 3.05) is 18.4 Å². The first-order valence-electron chi connectivity index (χ1n) is 11.2. The number of aromatic nitrogens is 1. The number of hydrogen-bond acceptors (Lipinski definition) is 5. The van der Waals surface area contributed by atoms with Crippen molar-refractivity contribution in [2.45, 2.75) is 52.4 Å². The van der Waals surface area contributed by atoms with Gasteiger partial charge in [-0.25, -0.2) is 4.98 Å². The quantitative estimate of drug-likeness (QED) is 0.518. The molecule has 1 aromatic heterocycles. The fourth-order valence-electron chi connectivity index (χ4n) is 3.96. The number of amides is 1. The number of benzene rings is 2. The number of rotatable bonds is 8. The number of carbonyl (C=O) groups excluding carboxylic acids is 1. The molecule has 0 saturated carbocycles. The Morgan fingerprint density at radius 2 is 1.94 bits per heavy atom. The van der Waals surface area contributed by atoms with E-state index in [1.807, 2.05) is 32.0 Å². The van der Waals surface area contributed by atoms with Gasteiger partial charge in [-0.15, -0.1) is 11.3 Å². The molecule has 1 aliphatic heterocycles. The lowest BCUT2D eigenvalue weighted by Gasteiger charge is -2.31. The zero-order valence-corrected chi connectivity index (χ0v) is 19.7. The van der Waals surface area contributed by atoms with Crippen molar-refractivity contribution in [2.24, 2.45) is 0 Å². The summed E-state index contributed by atoms with van der Waals surface area (Å²) in [6.45, 7) is 7.58. The van der Waals surface area contributed by atoms with Gasteiger partial charge in [0.1, 0.15) is 5.01 Å². The Morgan fingerprint density at radius 1 is 1.16 bits per heavy atom. The summed E-state index contributed by atoms with van der Waals surface area (Å²) in [4.78, 5) is 19.6. The van der Waals surface area contributed by atoms with E-state index in [0.717, 1.165) is 60.0 Å².